The summed E-state index contributed by atoms with van der Waals surface area (Å²) in [6.07, 6.45) is 3.93. The van der Waals surface area contributed by atoms with Gasteiger partial charge in [-0.2, -0.15) is 5.10 Å². The number of piperazine rings is 1. The summed E-state index contributed by atoms with van der Waals surface area (Å²) in [6.45, 7) is 3.73. The fourth-order valence-corrected chi connectivity index (χ4v) is 3.09. The maximum absolute atomic E-state index is 5.95. The van der Waals surface area contributed by atoms with Crippen LogP contribution in [0.25, 0.3) is 6.08 Å². The Kier molecular flexibility index (Phi) is 5.94. The number of allylic oxidation sites excluding steroid dienone is 1. The van der Waals surface area contributed by atoms with Gasteiger partial charge in [-0.05, 0) is 51.8 Å². The van der Waals surface area contributed by atoms with Crippen molar-refractivity contribution in [3.63, 3.8) is 0 Å². The molecule has 3 nitrogen and oxygen atoms in total. The predicted molar refractivity (Wildman–Crippen MR) is 107 cm³/mol. The Morgan fingerprint density at radius 3 is 2.29 bits per heavy atom. The fourth-order valence-electron chi connectivity index (χ4n) is 2.60. The van der Waals surface area contributed by atoms with Crippen molar-refractivity contribution in [1.82, 2.24) is 5.01 Å². The first-order chi connectivity index (χ1) is 11.7. The number of halogens is 2. The molecule has 0 bridgehead atoms. The molecule has 3 rings (SSSR count). The highest BCUT2D eigenvalue weighted by Gasteiger charge is 2.15. The topological polar surface area (TPSA) is 18.8 Å². The lowest BCUT2D eigenvalue weighted by atomic mass is 10.2. The number of anilines is 1. The Hall–Kier alpha value is -1.78. The molecule has 124 valence electrons. The number of hydrazone groups is 1. The molecule has 1 saturated heterocycles. The van der Waals surface area contributed by atoms with Gasteiger partial charge in [0, 0.05) is 28.3 Å². The van der Waals surface area contributed by atoms with Crippen LogP contribution in [-0.2, 0) is 0 Å². The molecule has 0 atom stereocenters. The van der Waals surface area contributed by atoms with Crippen LogP contribution >= 0.6 is 27.5 Å². The third-order valence-corrected chi connectivity index (χ3v) is 4.58. The van der Waals surface area contributed by atoms with Crippen LogP contribution in [0.2, 0.25) is 5.02 Å². The summed E-state index contributed by atoms with van der Waals surface area (Å²) >= 11 is 9.51. The normalized spacial score (nSPS) is 16.0. The van der Waals surface area contributed by atoms with E-state index in [1.807, 2.05) is 36.5 Å². The maximum atomic E-state index is 5.95. The molecule has 1 heterocycles. The Morgan fingerprint density at radius 2 is 1.62 bits per heavy atom. The number of nitrogens with zero attached hydrogens (tertiary/aromatic N) is 3. The van der Waals surface area contributed by atoms with Gasteiger partial charge in [0.05, 0.1) is 19.3 Å². The second-order valence-corrected chi connectivity index (χ2v) is 6.95. The van der Waals surface area contributed by atoms with E-state index in [1.165, 1.54) is 5.69 Å². The molecule has 1 aliphatic rings. The average molecular weight is 405 g/mol. The molecular formula is C19H19BrClN3. The second kappa shape index (κ2) is 8.36. The third-order valence-electron chi connectivity index (χ3n) is 3.90. The van der Waals surface area contributed by atoms with E-state index in [-0.39, 0.29) is 0 Å². The van der Waals surface area contributed by atoms with E-state index < -0.39 is 0 Å². The quantitative estimate of drug-likeness (QED) is 0.676. The smallest absolute Gasteiger partial charge is 0.0612 e. The Labute approximate surface area is 156 Å². The summed E-state index contributed by atoms with van der Waals surface area (Å²) in [5, 5.41) is 7.45. The first-order valence-corrected chi connectivity index (χ1v) is 9.09. The molecule has 1 aliphatic heterocycles. The molecule has 0 aromatic heterocycles. The van der Waals surface area contributed by atoms with Crippen molar-refractivity contribution in [2.24, 2.45) is 5.10 Å². The Balaban J connectivity index is 1.53. The molecule has 0 unspecified atom stereocenters. The summed E-state index contributed by atoms with van der Waals surface area (Å²) < 4.78 is 0.967. The number of hydrogen-bond donors (Lipinski definition) is 0. The highest BCUT2D eigenvalue weighted by atomic mass is 79.9. The molecule has 0 amide bonds. The molecule has 0 N–H and O–H groups in total. The van der Waals surface area contributed by atoms with E-state index in [4.69, 9.17) is 11.6 Å². The minimum absolute atomic E-state index is 0.775. The lowest BCUT2D eigenvalue weighted by molar-refractivity contribution is 0.272. The monoisotopic (exact) mass is 403 g/mol. The summed E-state index contributed by atoms with van der Waals surface area (Å²) in [6, 6.07) is 18.2. The molecule has 0 aliphatic carbocycles. The van der Waals surface area contributed by atoms with Gasteiger partial charge in [-0.1, -0.05) is 41.9 Å². The number of hydrogen-bond acceptors (Lipinski definition) is 3. The third kappa shape index (κ3) is 4.86. The first-order valence-electron chi connectivity index (χ1n) is 7.92. The minimum atomic E-state index is 0.775. The zero-order valence-corrected chi connectivity index (χ0v) is 15.6. The lowest BCUT2D eigenvalue weighted by Crippen LogP contribution is -2.44. The van der Waals surface area contributed by atoms with Crippen molar-refractivity contribution in [2.45, 2.75) is 0 Å². The predicted octanol–water partition coefficient (Wildman–Crippen LogP) is 4.88. The zero-order chi connectivity index (χ0) is 16.8. The van der Waals surface area contributed by atoms with Crippen LogP contribution in [0.1, 0.15) is 5.56 Å². The van der Waals surface area contributed by atoms with E-state index in [0.29, 0.717) is 0 Å². The van der Waals surface area contributed by atoms with Crippen molar-refractivity contribution in [2.75, 3.05) is 31.1 Å². The first kappa shape index (κ1) is 17.1. The van der Waals surface area contributed by atoms with Crippen molar-refractivity contribution in [1.29, 1.82) is 0 Å². The molecule has 1 fully saturated rings. The van der Waals surface area contributed by atoms with Crippen LogP contribution in [0, 0.1) is 0 Å². The van der Waals surface area contributed by atoms with Gasteiger partial charge in [0.25, 0.3) is 0 Å². The second-order valence-electron chi connectivity index (χ2n) is 5.60. The van der Waals surface area contributed by atoms with E-state index in [9.17, 15) is 0 Å². The standard InChI is InChI=1S/C19H19BrClN3/c20-17(14-16-4-2-1-3-5-16)15-22-24-12-10-23(11-13-24)19-8-6-18(21)7-9-19/h1-9,14-15H,10-13H2/b17-14-,22-15-. The van der Waals surface area contributed by atoms with Gasteiger partial charge < -0.3 is 4.90 Å². The van der Waals surface area contributed by atoms with Crippen LogP contribution in [0.15, 0.2) is 64.2 Å². The highest BCUT2D eigenvalue weighted by Crippen LogP contribution is 2.19. The van der Waals surface area contributed by atoms with E-state index in [0.717, 1.165) is 41.2 Å². The van der Waals surface area contributed by atoms with Crippen LogP contribution in [0.5, 0.6) is 0 Å². The van der Waals surface area contributed by atoms with Crippen molar-refractivity contribution in [3.05, 3.63) is 69.7 Å². The maximum Gasteiger partial charge on any atom is 0.0612 e. The van der Waals surface area contributed by atoms with Crippen LogP contribution in [-0.4, -0.2) is 37.4 Å². The van der Waals surface area contributed by atoms with Crippen molar-refractivity contribution in [3.8, 4) is 0 Å². The van der Waals surface area contributed by atoms with Gasteiger partial charge in [-0.15, -0.1) is 0 Å². The Morgan fingerprint density at radius 1 is 0.958 bits per heavy atom. The van der Waals surface area contributed by atoms with Gasteiger partial charge in [0.1, 0.15) is 0 Å². The van der Waals surface area contributed by atoms with Gasteiger partial charge in [-0.3, -0.25) is 5.01 Å². The van der Waals surface area contributed by atoms with Crippen LogP contribution in [0.4, 0.5) is 5.69 Å². The summed E-state index contributed by atoms with van der Waals surface area (Å²) in [4.78, 5) is 2.36. The molecule has 0 saturated carbocycles. The molecule has 5 heteroatoms. The molecule has 24 heavy (non-hydrogen) atoms. The molecule has 0 spiro atoms. The summed E-state index contributed by atoms with van der Waals surface area (Å²) in [5.41, 5.74) is 2.37. The average Bonchev–Trinajstić information content (AvgIpc) is 2.62. The van der Waals surface area contributed by atoms with Crippen LogP contribution in [0.3, 0.4) is 0 Å². The van der Waals surface area contributed by atoms with Crippen LogP contribution < -0.4 is 4.90 Å². The van der Waals surface area contributed by atoms with Gasteiger partial charge in [0.2, 0.25) is 0 Å². The zero-order valence-electron chi connectivity index (χ0n) is 13.3. The summed E-state index contributed by atoms with van der Waals surface area (Å²) in [7, 11) is 0. The fraction of sp³-hybridized carbons (Fsp3) is 0.211. The number of benzene rings is 2. The molecular weight excluding hydrogens is 386 g/mol. The number of rotatable bonds is 4. The van der Waals surface area contributed by atoms with Crippen molar-refractivity contribution >= 4 is 45.5 Å². The Bertz CT molecular complexity index is 705. The van der Waals surface area contributed by atoms with Gasteiger partial charge >= 0.3 is 0 Å². The van der Waals surface area contributed by atoms with Crippen molar-refractivity contribution < 1.29 is 0 Å². The summed E-state index contributed by atoms with van der Waals surface area (Å²) in [5.74, 6) is 0. The van der Waals surface area contributed by atoms with Gasteiger partial charge in [-0.25, -0.2) is 0 Å². The largest absolute Gasteiger partial charge is 0.368 e. The molecule has 0 radical (unpaired) electrons. The molecule has 2 aromatic carbocycles. The van der Waals surface area contributed by atoms with Gasteiger partial charge in [0.15, 0.2) is 0 Å². The highest BCUT2D eigenvalue weighted by molar-refractivity contribution is 9.12. The SMILES string of the molecule is Clc1ccc(N2CCN(/N=C\C(Br)=C\c3ccccc3)CC2)cc1. The van der Waals surface area contributed by atoms with E-state index >= 15 is 0 Å². The van der Waals surface area contributed by atoms with E-state index in [1.54, 1.807) is 0 Å². The minimum Gasteiger partial charge on any atom is -0.368 e. The molecule has 2 aromatic rings. The van der Waals surface area contributed by atoms with E-state index in [2.05, 4.69) is 61.3 Å². The lowest BCUT2D eigenvalue weighted by Gasteiger charge is -2.34.